The molecule has 32 heavy (non-hydrogen) atoms. The molecule has 1 aliphatic rings. The molecule has 0 saturated heterocycles. The summed E-state index contributed by atoms with van der Waals surface area (Å²) < 4.78 is 0. The number of hydrogen-bond acceptors (Lipinski definition) is 4. The van der Waals surface area contributed by atoms with Gasteiger partial charge in [0.05, 0.1) is 11.6 Å². The second kappa shape index (κ2) is 12.4. The lowest BCUT2D eigenvalue weighted by molar-refractivity contribution is -0.140. The van der Waals surface area contributed by atoms with Crippen LogP contribution in [-0.4, -0.2) is 58.5 Å². The van der Waals surface area contributed by atoms with Crippen LogP contribution in [0.5, 0.6) is 0 Å². The maximum absolute atomic E-state index is 13.7. The van der Waals surface area contributed by atoms with Crippen LogP contribution in [0.2, 0.25) is 0 Å². The predicted molar refractivity (Wildman–Crippen MR) is 128 cm³/mol. The quantitative estimate of drug-likeness (QED) is 0.393. The topological polar surface area (TPSA) is 98.7 Å². The first-order valence-electron chi connectivity index (χ1n) is 12.2. The lowest BCUT2D eigenvalue weighted by Crippen LogP contribution is -2.63. The molecule has 0 aromatic rings. The van der Waals surface area contributed by atoms with Crippen molar-refractivity contribution < 1.29 is 19.5 Å². The van der Waals surface area contributed by atoms with Gasteiger partial charge >= 0.3 is 5.97 Å². The number of hydrogen-bond donors (Lipinski definition) is 3. The summed E-state index contributed by atoms with van der Waals surface area (Å²) in [5.41, 5.74) is -0.511. The molecule has 1 saturated carbocycles. The molecule has 0 unspecified atom stereocenters. The fraction of sp³-hybridized carbons (Fsp3) is 0.800. The number of likely N-dealkylation sites (N-methyl/N-ethyl adjacent to an activating group) is 1. The minimum atomic E-state index is -0.993. The van der Waals surface area contributed by atoms with E-state index in [9.17, 15) is 19.5 Å². The maximum Gasteiger partial charge on any atom is 0.331 e. The molecular weight excluding hydrogens is 406 g/mol. The van der Waals surface area contributed by atoms with E-state index in [0.717, 1.165) is 25.7 Å². The van der Waals surface area contributed by atoms with E-state index < -0.39 is 17.6 Å². The van der Waals surface area contributed by atoms with Crippen molar-refractivity contribution in [3.63, 3.8) is 0 Å². The van der Waals surface area contributed by atoms with Crippen LogP contribution >= 0.6 is 0 Å². The van der Waals surface area contributed by atoms with Crippen molar-refractivity contribution in [1.29, 1.82) is 0 Å². The molecule has 184 valence electrons. The van der Waals surface area contributed by atoms with Gasteiger partial charge in [0.1, 0.15) is 6.04 Å². The minimum Gasteiger partial charge on any atom is -0.478 e. The van der Waals surface area contributed by atoms with Crippen molar-refractivity contribution in [2.75, 3.05) is 7.05 Å². The molecular formula is C25H45N3O4. The van der Waals surface area contributed by atoms with E-state index in [1.165, 1.54) is 0 Å². The Balaban J connectivity index is 3.25. The Morgan fingerprint density at radius 3 is 2.03 bits per heavy atom. The second-order valence-corrected chi connectivity index (χ2v) is 9.92. The van der Waals surface area contributed by atoms with Gasteiger partial charge in [0.2, 0.25) is 11.8 Å². The summed E-state index contributed by atoms with van der Waals surface area (Å²) >= 11 is 0. The van der Waals surface area contributed by atoms with Gasteiger partial charge < -0.3 is 20.6 Å². The molecule has 0 aliphatic heterocycles. The maximum atomic E-state index is 13.7. The highest BCUT2D eigenvalue weighted by atomic mass is 16.4. The van der Waals surface area contributed by atoms with E-state index in [1.54, 1.807) is 24.9 Å². The summed E-state index contributed by atoms with van der Waals surface area (Å²) in [5, 5.41) is 15.9. The zero-order valence-electron chi connectivity index (χ0n) is 21.3. The Hall–Kier alpha value is -1.89. The number of carbonyl (C=O) groups is 3. The molecule has 7 heteroatoms. The van der Waals surface area contributed by atoms with Gasteiger partial charge in [-0.2, -0.15) is 0 Å². The van der Waals surface area contributed by atoms with Crippen LogP contribution in [0.4, 0.5) is 0 Å². The van der Waals surface area contributed by atoms with Crippen LogP contribution in [0.1, 0.15) is 87.0 Å². The molecule has 3 N–H and O–H groups in total. The molecule has 1 aliphatic carbocycles. The van der Waals surface area contributed by atoms with Crippen molar-refractivity contribution in [3.05, 3.63) is 11.6 Å². The largest absolute Gasteiger partial charge is 0.478 e. The summed E-state index contributed by atoms with van der Waals surface area (Å²) in [6.07, 6.45) is 6.82. The summed E-state index contributed by atoms with van der Waals surface area (Å²) in [5.74, 6) is -1.15. The van der Waals surface area contributed by atoms with E-state index in [4.69, 9.17) is 0 Å². The number of nitrogens with one attached hydrogen (secondary N) is 2. The first-order chi connectivity index (χ1) is 14.9. The fourth-order valence-corrected chi connectivity index (χ4v) is 4.79. The summed E-state index contributed by atoms with van der Waals surface area (Å²) in [4.78, 5) is 40.2. The molecule has 2 amide bonds. The molecule has 0 aromatic carbocycles. The van der Waals surface area contributed by atoms with Crippen LogP contribution in [0, 0.1) is 11.8 Å². The molecule has 0 bridgehead atoms. The number of rotatable bonds is 12. The number of carboxylic acid groups (broad SMARTS) is 1. The molecule has 0 spiro atoms. The predicted octanol–water partition coefficient (Wildman–Crippen LogP) is 3.73. The lowest BCUT2D eigenvalue weighted by Gasteiger charge is -2.38. The smallest absolute Gasteiger partial charge is 0.331 e. The molecule has 2 atom stereocenters. The Labute approximate surface area is 194 Å². The fourth-order valence-electron chi connectivity index (χ4n) is 4.79. The summed E-state index contributed by atoms with van der Waals surface area (Å²) in [6, 6.07) is -0.838. The molecule has 1 rings (SSSR count). The zero-order chi connectivity index (χ0) is 24.6. The minimum absolute atomic E-state index is 0.0335. The van der Waals surface area contributed by atoms with Gasteiger partial charge in [-0.1, -0.05) is 46.6 Å². The first kappa shape index (κ1) is 28.1. The Morgan fingerprint density at radius 2 is 1.62 bits per heavy atom. The molecule has 0 radical (unpaired) electrons. The highest BCUT2D eigenvalue weighted by molar-refractivity contribution is 5.92. The first-order valence-corrected chi connectivity index (χ1v) is 12.2. The number of carboxylic acids is 1. The number of nitrogens with zero attached hydrogens (tertiary/aromatic N) is 1. The average Bonchev–Trinajstić information content (AvgIpc) is 3.26. The van der Waals surface area contributed by atoms with Crippen molar-refractivity contribution in [1.82, 2.24) is 15.5 Å². The van der Waals surface area contributed by atoms with E-state index in [0.29, 0.717) is 12.8 Å². The summed E-state index contributed by atoms with van der Waals surface area (Å²) in [7, 11) is 1.71. The highest BCUT2D eigenvalue weighted by Gasteiger charge is 2.41. The van der Waals surface area contributed by atoms with Gasteiger partial charge in [0.25, 0.3) is 0 Å². The Bertz CT molecular complexity index is 677. The van der Waals surface area contributed by atoms with Crippen LogP contribution in [-0.2, 0) is 14.4 Å². The highest BCUT2D eigenvalue weighted by Crippen LogP contribution is 2.30. The third-order valence-corrected chi connectivity index (χ3v) is 6.87. The van der Waals surface area contributed by atoms with Gasteiger partial charge in [-0.3, -0.25) is 9.59 Å². The van der Waals surface area contributed by atoms with Gasteiger partial charge in [0.15, 0.2) is 0 Å². The van der Waals surface area contributed by atoms with Crippen molar-refractivity contribution in [2.24, 2.45) is 11.8 Å². The van der Waals surface area contributed by atoms with Crippen molar-refractivity contribution in [2.45, 2.75) is 111 Å². The van der Waals surface area contributed by atoms with E-state index in [2.05, 4.69) is 10.6 Å². The van der Waals surface area contributed by atoms with E-state index in [-0.39, 0.29) is 41.3 Å². The number of aliphatic carboxylic acids is 1. The normalized spacial score (nSPS) is 17.5. The number of carbonyl (C=O) groups excluding carboxylic acids is 2. The molecule has 0 heterocycles. The monoisotopic (exact) mass is 451 g/mol. The molecule has 1 fully saturated rings. The average molecular weight is 452 g/mol. The van der Waals surface area contributed by atoms with Crippen LogP contribution in [0.25, 0.3) is 0 Å². The van der Waals surface area contributed by atoms with Crippen molar-refractivity contribution >= 4 is 17.8 Å². The Morgan fingerprint density at radius 1 is 1.09 bits per heavy atom. The standard InChI is InChI=1S/C25H45N3O4/c1-9-25(10-2,27-17(5)6)24(32)26-21(19-13-11-12-14-19)22(29)28(8)20(16(3)4)15-18(7)23(30)31/h15-17,19-21,27H,9-14H2,1-8H3,(H,26,32)(H,30,31)/t20-,21+/m1/s1. The van der Waals surface area contributed by atoms with Gasteiger partial charge in [0, 0.05) is 18.7 Å². The third kappa shape index (κ3) is 7.06. The van der Waals surface area contributed by atoms with Crippen LogP contribution < -0.4 is 10.6 Å². The molecule has 0 aromatic heterocycles. The lowest BCUT2D eigenvalue weighted by atomic mass is 9.88. The second-order valence-electron chi connectivity index (χ2n) is 9.92. The van der Waals surface area contributed by atoms with Gasteiger partial charge in [-0.05, 0) is 58.3 Å². The number of amides is 2. The van der Waals surface area contributed by atoms with Crippen LogP contribution in [0.15, 0.2) is 11.6 Å². The van der Waals surface area contributed by atoms with E-state index >= 15 is 0 Å². The third-order valence-electron chi connectivity index (χ3n) is 6.87. The zero-order valence-corrected chi connectivity index (χ0v) is 21.3. The van der Waals surface area contributed by atoms with Crippen LogP contribution in [0.3, 0.4) is 0 Å². The van der Waals surface area contributed by atoms with E-state index in [1.807, 2.05) is 41.5 Å². The molecule has 7 nitrogen and oxygen atoms in total. The van der Waals surface area contributed by atoms with Crippen molar-refractivity contribution in [3.8, 4) is 0 Å². The SMILES string of the molecule is CCC(CC)(NC(C)C)C(=O)N[C@H](C(=O)N(C)[C@H](C=C(C)C(=O)O)C(C)C)C1CCCC1. The van der Waals surface area contributed by atoms with Gasteiger partial charge in [-0.25, -0.2) is 4.79 Å². The summed E-state index contributed by atoms with van der Waals surface area (Å²) in [6.45, 7) is 13.5. The Kier molecular flexibility index (Phi) is 10.9. The van der Waals surface area contributed by atoms with Gasteiger partial charge in [-0.15, -0.1) is 0 Å².